The third kappa shape index (κ3) is 3.32. The molecule has 0 spiro atoms. The first-order valence-corrected chi connectivity index (χ1v) is 6.53. The number of H-pyrrole nitrogens is 1. The number of rotatable bonds is 4. The second-order valence-electron chi connectivity index (χ2n) is 4.48. The Kier molecular flexibility index (Phi) is 4.67. The van der Waals surface area contributed by atoms with Crippen LogP contribution >= 0.6 is 0 Å². The lowest BCUT2D eigenvalue weighted by molar-refractivity contribution is -0.145. The molecule has 2 rings (SSSR count). The molecular weight excluding hydrogens is 264 g/mol. The lowest BCUT2D eigenvalue weighted by atomic mass is 10.2. The van der Waals surface area contributed by atoms with Crippen LogP contribution in [-0.2, 0) is 20.7 Å². The van der Waals surface area contributed by atoms with Gasteiger partial charge in [0.1, 0.15) is 5.82 Å². The van der Waals surface area contributed by atoms with Crippen LogP contribution in [0.5, 0.6) is 0 Å². The van der Waals surface area contributed by atoms with Gasteiger partial charge in [0.25, 0.3) is 5.91 Å². The van der Waals surface area contributed by atoms with E-state index < -0.39 is 0 Å². The molecule has 0 saturated carbocycles. The summed E-state index contributed by atoms with van der Waals surface area (Å²) in [6.45, 7) is 3.12. The SMILES string of the molecule is CCc1nc(C(=O)N2CCOC(CC(=O)OC)C2)n[nH]1. The van der Waals surface area contributed by atoms with Gasteiger partial charge in [0, 0.05) is 19.5 Å². The van der Waals surface area contributed by atoms with Crippen LogP contribution < -0.4 is 0 Å². The molecule has 1 aliphatic heterocycles. The summed E-state index contributed by atoms with van der Waals surface area (Å²) in [6.07, 6.45) is 0.479. The molecule has 1 aliphatic rings. The zero-order chi connectivity index (χ0) is 14.5. The molecule has 0 aliphatic carbocycles. The molecule has 1 fully saturated rings. The van der Waals surface area contributed by atoms with Gasteiger partial charge in [-0.05, 0) is 0 Å². The largest absolute Gasteiger partial charge is 0.469 e. The number of carbonyl (C=O) groups is 2. The van der Waals surface area contributed by atoms with Crippen molar-refractivity contribution in [2.24, 2.45) is 0 Å². The summed E-state index contributed by atoms with van der Waals surface area (Å²) in [5.41, 5.74) is 0. The predicted molar refractivity (Wildman–Crippen MR) is 68.0 cm³/mol. The molecule has 1 N–H and O–H groups in total. The normalized spacial score (nSPS) is 18.9. The number of aryl methyl sites for hydroxylation is 1. The molecule has 0 aromatic carbocycles. The van der Waals surface area contributed by atoms with E-state index in [1.807, 2.05) is 6.92 Å². The van der Waals surface area contributed by atoms with Gasteiger partial charge in [-0.25, -0.2) is 4.98 Å². The van der Waals surface area contributed by atoms with Gasteiger partial charge in [0.2, 0.25) is 5.82 Å². The van der Waals surface area contributed by atoms with Crippen molar-refractivity contribution in [3.05, 3.63) is 11.6 Å². The van der Waals surface area contributed by atoms with Gasteiger partial charge in [-0.15, -0.1) is 5.10 Å². The van der Waals surface area contributed by atoms with Crippen molar-refractivity contribution in [3.8, 4) is 0 Å². The van der Waals surface area contributed by atoms with Crippen LogP contribution in [0.25, 0.3) is 0 Å². The van der Waals surface area contributed by atoms with E-state index in [4.69, 9.17) is 4.74 Å². The average molecular weight is 282 g/mol. The first-order chi connectivity index (χ1) is 9.63. The summed E-state index contributed by atoms with van der Waals surface area (Å²) in [4.78, 5) is 29.2. The van der Waals surface area contributed by atoms with E-state index in [0.29, 0.717) is 31.9 Å². The molecule has 1 aromatic heterocycles. The van der Waals surface area contributed by atoms with E-state index in [1.165, 1.54) is 7.11 Å². The smallest absolute Gasteiger partial charge is 0.308 e. The number of hydrogen-bond acceptors (Lipinski definition) is 6. The van der Waals surface area contributed by atoms with Crippen molar-refractivity contribution in [2.75, 3.05) is 26.8 Å². The summed E-state index contributed by atoms with van der Waals surface area (Å²) in [6, 6.07) is 0. The summed E-state index contributed by atoms with van der Waals surface area (Å²) < 4.78 is 10.0. The standard InChI is InChI=1S/C12H18N4O4/c1-3-9-13-11(15-14-9)12(18)16-4-5-20-8(7-16)6-10(17)19-2/h8H,3-7H2,1-2H3,(H,13,14,15). The second kappa shape index (κ2) is 6.47. The van der Waals surface area contributed by atoms with Gasteiger partial charge in [-0.2, -0.15) is 0 Å². The number of carbonyl (C=O) groups excluding carboxylic acids is 2. The zero-order valence-electron chi connectivity index (χ0n) is 11.6. The van der Waals surface area contributed by atoms with Crippen molar-refractivity contribution in [2.45, 2.75) is 25.9 Å². The van der Waals surface area contributed by atoms with Crippen molar-refractivity contribution < 1.29 is 19.1 Å². The molecule has 1 unspecified atom stereocenters. The Morgan fingerprint density at radius 2 is 2.35 bits per heavy atom. The summed E-state index contributed by atoms with van der Waals surface area (Å²) in [5.74, 6) is 0.225. The molecule has 110 valence electrons. The molecule has 1 aromatic rings. The predicted octanol–water partition coefficient (Wildman–Crippen LogP) is -0.229. The lowest BCUT2D eigenvalue weighted by Crippen LogP contribution is -2.46. The number of aromatic nitrogens is 3. The number of hydrogen-bond donors (Lipinski definition) is 1. The topological polar surface area (TPSA) is 97.4 Å². The molecule has 8 nitrogen and oxygen atoms in total. The molecule has 20 heavy (non-hydrogen) atoms. The number of aromatic amines is 1. The Hall–Kier alpha value is -1.96. The van der Waals surface area contributed by atoms with Crippen LogP contribution in [0, 0.1) is 0 Å². The molecule has 0 radical (unpaired) electrons. The Morgan fingerprint density at radius 1 is 1.55 bits per heavy atom. The molecule has 1 saturated heterocycles. The maximum Gasteiger partial charge on any atom is 0.308 e. The highest BCUT2D eigenvalue weighted by Crippen LogP contribution is 2.11. The first-order valence-electron chi connectivity index (χ1n) is 6.53. The molecule has 8 heteroatoms. The van der Waals surface area contributed by atoms with Crippen molar-refractivity contribution >= 4 is 11.9 Å². The van der Waals surface area contributed by atoms with Crippen molar-refractivity contribution in [1.82, 2.24) is 20.1 Å². The summed E-state index contributed by atoms with van der Waals surface area (Å²) in [7, 11) is 1.33. The fourth-order valence-corrected chi connectivity index (χ4v) is 1.99. The van der Waals surface area contributed by atoms with Crippen LogP contribution in [-0.4, -0.2) is 64.9 Å². The van der Waals surface area contributed by atoms with Crippen LogP contribution in [0.2, 0.25) is 0 Å². The van der Waals surface area contributed by atoms with E-state index in [2.05, 4.69) is 19.9 Å². The molecular formula is C12H18N4O4. The minimum atomic E-state index is -0.351. The van der Waals surface area contributed by atoms with Gasteiger partial charge in [-0.3, -0.25) is 14.7 Å². The molecule has 1 amide bonds. The number of esters is 1. The summed E-state index contributed by atoms with van der Waals surface area (Å²) in [5, 5.41) is 6.62. The molecule has 0 bridgehead atoms. The first kappa shape index (κ1) is 14.4. The number of amides is 1. The van der Waals surface area contributed by atoms with E-state index in [-0.39, 0.29) is 30.2 Å². The maximum atomic E-state index is 12.2. The Labute approximate surface area is 116 Å². The Morgan fingerprint density at radius 3 is 3.00 bits per heavy atom. The third-order valence-electron chi connectivity index (χ3n) is 3.11. The van der Waals surface area contributed by atoms with Crippen LogP contribution in [0.3, 0.4) is 0 Å². The van der Waals surface area contributed by atoms with Crippen molar-refractivity contribution in [3.63, 3.8) is 0 Å². The van der Waals surface area contributed by atoms with Gasteiger partial charge >= 0.3 is 5.97 Å². The second-order valence-corrected chi connectivity index (χ2v) is 4.48. The number of nitrogens with one attached hydrogen (secondary N) is 1. The number of ether oxygens (including phenoxy) is 2. The highest BCUT2D eigenvalue weighted by atomic mass is 16.5. The molecule has 1 atom stereocenters. The van der Waals surface area contributed by atoms with Crippen LogP contribution in [0.4, 0.5) is 0 Å². The summed E-state index contributed by atoms with van der Waals surface area (Å²) >= 11 is 0. The van der Waals surface area contributed by atoms with E-state index >= 15 is 0 Å². The Bertz CT molecular complexity index is 488. The minimum absolute atomic E-state index is 0.133. The number of methoxy groups -OCH3 is 1. The van der Waals surface area contributed by atoms with Gasteiger partial charge in [0.15, 0.2) is 0 Å². The average Bonchev–Trinajstić information content (AvgIpc) is 2.95. The van der Waals surface area contributed by atoms with E-state index in [0.717, 1.165) is 0 Å². The van der Waals surface area contributed by atoms with Gasteiger partial charge < -0.3 is 14.4 Å². The highest BCUT2D eigenvalue weighted by molar-refractivity contribution is 5.90. The number of nitrogens with zero attached hydrogens (tertiary/aromatic N) is 3. The fourth-order valence-electron chi connectivity index (χ4n) is 1.99. The minimum Gasteiger partial charge on any atom is -0.469 e. The quantitative estimate of drug-likeness (QED) is 0.766. The van der Waals surface area contributed by atoms with E-state index in [9.17, 15) is 9.59 Å². The Balaban J connectivity index is 1.97. The third-order valence-corrected chi connectivity index (χ3v) is 3.11. The monoisotopic (exact) mass is 282 g/mol. The van der Waals surface area contributed by atoms with Gasteiger partial charge in [0.05, 0.1) is 26.2 Å². The van der Waals surface area contributed by atoms with Crippen LogP contribution in [0.15, 0.2) is 0 Å². The maximum absolute atomic E-state index is 12.2. The lowest BCUT2D eigenvalue weighted by Gasteiger charge is -2.31. The number of morpholine rings is 1. The zero-order valence-corrected chi connectivity index (χ0v) is 11.6. The van der Waals surface area contributed by atoms with Crippen molar-refractivity contribution in [1.29, 1.82) is 0 Å². The highest BCUT2D eigenvalue weighted by Gasteiger charge is 2.28. The van der Waals surface area contributed by atoms with Gasteiger partial charge in [-0.1, -0.05) is 6.92 Å². The fraction of sp³-hybridized carbons (Fsp3) is 0.667. The molecule has 2 heterocycles. The van der Waals surface area contributed by atoms with E-state index in [1.54, 1.807) is 4.90 Å². The van der Waals surface area contributed by atoms with Crippen LogP contribution in [0.1, 0.15) is 29.8 Å².